The van der Waals surface area contributed by atoms with Crippen molar-refractivity contribution in [3.63, 3.8) is 0 Å². The molecule has 2 aromatic rings. The highest BCUT2D eigenvalue weighted by Gasteiger charge is 2.35. The maximum absolute atomic E-state index is 12.4. The molecule has 6 nitrogen and oxygen atoms in total. The van der Waals surface area contributed by atoms with Gasteiger partial charge in [-0.25, -0.2) is 9.97 Å². The standard InChI is InChI=1S/C21H27ClN4O2/c22-18-8-6-17(7-9-18)21(28)10-15-26(16-11-21)19(27)5-2-1-3-12-23-20-24-13-4-14-25-20/h4,6-9,13-14,28H,1-3,5,10-12,15-16H2,(H,23,24,25). The largest absolute Gasteiger partial charge is 0.385 e. The number of carbonyl (C=O) groups is 1. The number of hydrogen-bond acceptors (Lipinski definition) is 5. The van der Waals surface area contributed by atoms with Crippen molar-refractivity contribution in [2.45, 2.75) is 44.1 Å². The first-order valence-electron chi connectivity index (χ1n) is 9.84. The summed E-state index contributed by atoms with van der Waals surface area (Å²) in [6.45, 7) is 1.98. The Hall–Kier alpha value is -2.18. The summed E-state index contributed by atoms with van der Waals surface area (Å²) >= 11 is 5.93. The molecule has 1 fully saturated rings. The molecule has 150 valence electrons. The van der Waals surface area contributed by atoms with Crippen LogP contribution < -0.4 is 5.32 Å². The normalized spacial score (nSPS) is 16.0. The van der Waals surface area contributed by atoms with Gasteiger partial charge in [-0.1, -0.05) is 30.2 Å². The third-order valence-corrected chi connectivity index (χ3v) is 5.49. The van der Waals surface area contributed by atoms with Crippen molar-refractivity contribution < 1.29 is 9.90 Å². The fourth-order valence-corrected chi connectivity index (χ4v) is 3.63. The van der Waals surface area contributed by atoms with Crippen LogP contribution in [0.15, 0.2) is 42.7 Å². The summed E-state index contributed by atoms with van der Waals surface area (Å²) in [5.41, 5.74) is 0.00547. The van der Waals surface area contributed by atoms with Gasteiger partial charge in [0.2, 0.25) is 11.9 Å². The molecule has 0 spiro atoms. The zero-order chi connectivity index (χ0) is 19.8. The van der Waals surface area contributed by atoms with Crippen LogP contribution in [0, 0.1) is 0 Å². The van der Waals surface area contributed by atoms with E-state index < -0.39 is 5.60 Å². The van der Waals surface area contributed by atoms with Gasteiger partial charge in [0.05, 0.1) is 5.60 Å². The number of carbonyl (C=O) groups excluding carboxylic acids is 1. The summed E-state index contributed by atoms with van der Waals surface area (Å²) in [7, 11) is 0. The minimum Gasteiger partial charge on any atom is -0.385 e. The van der Waals surface area contributed by atoms with E-state index in [1.54, 1.807) is 30.6 Å². The first-order chi connectivity index (χ1) is 13.6. The van der Waals surface area contributed by atoms with E-state index in [1.807, 2.05) is 17.0 Å². The van der Waals surface area contributed by atoms with E-state index in [0.717, 1.165) is 31.4 Å². The average molecular weight is 403 g/mol. The monoisotopic (exact) mass is 402 g/mol. The summed E-state index contributed by atoms with van der Waals surface area (Å²) in [5, 5.41) is 14.7. The zero-order valence-electron chi connectivity index (χ0n) is 16.0. The number of likely N-dealkylation sites (tertiary alicyclic amines) is 1. The van der Waals surface area contributed by atoms with Crippen molar-refractivity contribution >= 4 is 23.5 Å². The molecule has 2 heterocycles. The smallest absolute Gasteiger partial charge is 0.222 e. The number of benzene rings is 1. The molecule has 0 saturated carbocycles. The summed E-state index contributed by atoms with van der Waals surface area (Å²) in [6.07, 6.45) is 7.91. The van der Waals surface area contributed by atoms with Gasteiger partial charge >= 0.3 is 0 Å². The van der Waals surface area contributed by atoms with E-state index in [4.69, 9.17) is 11.6 Å². The van der Waals surface area contributed by atoms with Crippen LogP contribution in [0.25, 0.3) is 0 Å². The molecule has 7 heteroatoms. The van der Waals surface area contributed by atoms with Crippen molar-refractivity contribution in [1.82, 2.24) is 14.9 Å². The predicted molar refractivity (Wildman–Crippen MR) is 110 cm³/mol. The van der Waals surface area contributed by atoms with Crippen molar-refractivity contribution in [2.24, 2.45) is 0 Å². The second-order valence-electron chi connectivity index (χ2n) is 7.23. The van der Waals surface area contributed by atoms with E-state index in [-0.39, 0.29) is 5.91 Å². The van der Waals surface area contributed by atoms with Crippen molar-refractivity contribution in [3.8, 4) is 0 Å². The molecule has 1 aliphatic heterocycles. The third-order valence-electron chi connectivity index (χ3n) is 5.24. The second-order valence-corrected chi connectivity index (χ2v) is 7.67. The van der Waals surface area contributed by atoms with Crippen LogP contribution in [0.5, 0.6) is 0 Å². The molecule has 28 heavy (non-hydrogen) atoms. The summed E-state index contributed by atoms with van der Waals surface area (Å²) in [6, 6.07) is 9.12. The van der Waals surface area contributed by atoms with Gasteiger partial charge in [0.15, 0.2) is 0 Å². The Morgan fingerprint density at radius 3 is 2.46 bits per heavy atom. The Morgan fingerprint density at radius 1 is 1.11 bits per heavy atom. The van der Waals surface area contributed by atoms with Gasteiger partial charge in [0, 0.05) is 43.5 Å². The molecule has 1 aliphatic rings. The van der Waals surface area contributed by atoms with E-state index in [2.05, 4.69) is 15.3 Å². The summed E-state index contributed by atoms with van der Waals surface area (Å²) < 4.78 is 0. The number of amides is 1. The average Bonchev–Trinajstić information content (AvgIpc) is 2.72. The lowest BCUT2D eigenvalue weighted by Crippen LogP contribution is -2.45. The molecular formula is C21H27ClN4O2. The first-order valence-corrected chi connectivity index (χ1v) is 10.2. The molecule has 1 amide bonds. The minimum atomic E-state index is -0.869. The van der Waals surface area contributed by atoms with Crippen LogP contribution in [-0.2, 0) is 10.4 Å². The lowest BCUT2D eigenvalue weighted by Gasteiger charge is -2.38. The van der Waals surface area contributed by atoms with E-state index in [9.17, 15) is 9.90 Å². The number of unbranched alkanes of at least 4 members (excludes halogenated alkanes) is 2. The molecule has 3 rings (SSSR count). The van der Waals surface area contributed by atoms with Crippen LogP contribution in [0.4, 0.5) is 5.95 Å². The minimum absolute atomic E-state index is 0.178. The van der Waals surface area contributed by atoms with Gasteiger partial charge in [0.1, 0.15) is 0 Å². The number of nitrogens with zero attached hydrogens (tertiary/aromatic N) is 3. The number of piperidine rings is 1. The number of halogens is 1. The number of nitrogens with one attached hydrogen (secondary N) is 1. The number of anilines is 1. The number of aliphatic hydroxyl groups is 1. The molecule has 1 saturated heterocycles. The number of rotatable bonds is 8. The van der Waals surface area contributed by atoms with Crippen LogP contribution in [0.1, 0.15) is 44.1 Å². The second kappa shape index (κ2) is 9.85. The predicted octanol–water partition coefficient (Wildman–Crippen LogP) is 3.61. The number of aromatic nitrogens is 2. The molecule has 2 N–H and O–H groups in total. The quantitative estimate of drug-likeness (QED) is 0.659. The van der Waals surface area contributed by atoms with Crippen molar-refractivity contribution in [3.05, 3.63) is 53.3 Å². The lowest BCUT2D eigenvalue weighted by atomic mass is 9.84. The molecule has 0 aliphatic carbocycles. The molecule has 1 aromatic carbocycles. The highest BCUT2D eigenvalue weighted by atomic mass is 35.5. The van der Waals surface area contributed by atoms with E-state index in [0.29, 0.717) is 43.3 Å². The van der Waals surface area contributed by atoms with Crippen molar-refractivity contribution in [1.29, 1.82) is 0 Å². The Bertz CT molecular complexity index is 747. The maximum atomic E-state index is 12.4. The highest BCUT2D eigenvalue weighted by molar-refractivity contribution is 6.30. The van der Waals surface area contributed by atoms with E-state index >= 15 is 0 Å². The lowest BCUT2D eigenvalue weighted by molar-refractivity contribution is -0.135. The molecular weight excluding hydrogens is 376 g/mol. The first kappa shape index (κ1) is 20.6. The number of hydrogen-bond donors (Lipinski definition) is 2. The van der Waals surface area contributed by atoms with Gasteiger partial charge in [-0.15, -0.1) is 0 Å². The van der Waals surface area contributed by atoms with Gasteiger partial charge in [-0.05, 0) is 49.4 Å². The molecule has 1 aromatic heterocycles. The maximum Gasteiger partial charge on any atom is 0.222 e. The van der Waals surface area contributed by atoms with Gasteiger partial charge < -0.3 is 15.3 Å². The van der Waals surface area contributed by atoms with Crippen LogP contribution >= 0.6 is 11.6 Å². The Kier molecular flexibility index (Phi) is 7.23. The Morgan fingerprint density at radius 2 is 1.79 bits per heavy atom. The van der Waals surface area contributed by atoms with Gasteiger partial charge in [-0.2, -0.15) is 0 Å². The fraction of sp³-hybridized carbons (Fsp3) is 0.476. The zero-order valence-corrected chi connectivity index (χ0v) is 16.7. The van der Waals surface area contributed by atoms with Crippen LogP contribution in [0.3, 0.4) is 0 Å². The Labute approximate surface area is 171 Å². The third kappa shape index (κ3) is 5.66. The summed E-state index contributed by atoms with van der Waals surface area (Å²) in [4.78, 5) is 22.5. The highest BCUT2D eigenvalue weighted by Crippen LogP contribution is 2.33. The summed E-state index contributed by atoms with van der Waals surface area (Å²) in [5.74, 6) is 0.817. The van der Waals surface area contributed by atoms with Crippen LogP contribution in [0.2, 0.25) is 5.02 Å². The Balaban J connectivity index is 1.33. The fourth-order valence-electron chi connectivity index (χ4n) is 3.50. The van der Waals surface area contributed by atoms with Gasteiger partial charge in [-0.3, -0.25) is 4.79 Å². The van der Waals surface area contributed by atoms with Crippen molar-refractivity contribution in [2.75, 3.05) is 25.0 Å². The van der Waals surface area contributed by atoms with E-state index in [1.165, 1.54) is 0 Å². The topological polar surface area (TPSA) is 78.4 Å². The molecule has 0 bridgehead atoms. The van der Waals surface area contributed by atoms with Crippen LogP contribution in [-0.4, -0.2) is 45.5 Å². The molecule has 0 unspecified atom stereocenters. The SMILES string of the molecule is O=C(CCCCCNc1ncccn1)N1CCC(O)(c2ccc(Cl)cc2)CC1. The molecule has 0 atom stereocenters. The van der Waals surface area contributed by atoms with Gasteiger partial charge in [0.25, 0.3) is 0 Å². The molecule has 0 radical (unpaired) electrons.